The molecule has 0 aliphatic carbocycles. The van der Waals surface area contributed by atoms with Crippen molar-refractivity contribution in [1.29, 1.82) is 5.26 Å². The highest BCUT2D eigenvalue weighted by molar-refractivity contribution is 5.82. The highest BCUT2D eigenvalue weighted by atomic mass is 16.3. The molecular weight excluding hydrogens is 176 g/mol. The van der Waals surface area contributed by atoms with Crippen LogP contribution in [0.4, 0.5) is 0 Å². The van der Waals surface area contributed by atoms with Gasteiger partial charge >= 0.3 is 0 Å². The van der Waals surface area contributed by atoms with E-state index in [0.717, 1.165) is 16.5 Å². The number of pyridine rings is 1. The Hall–Kier alpha value is -2.08. The molecular formula is C11H8N2O. The van der Waals surface area contributed by atoms with Crippen LogP contribution < -0.4 is 0 Å². The van der Waals surface area contributed by atoms with E-state index in [1.165, 1.54) is 6.20 Å². The lowest BCUT2D eigenvalue weighted by atomic mass is 10.1. The lowest BCUT2D eigenvalue weighted by Gasteiger charge is -2.01. The maximum atomic E-state index is 9.22. The summed E-state index contributed by atoms with van der Waals surface area (Å²) in [6.45, 7) is 0. The number of aromatic hydroxyl groups is 1. The first-order valence-corrected chi connectivity index (χ1v) is 4.25. The topological polar surface area (TPSA) is 56.9 Å². The van der Waals surface area contributed by atoms with Crippen LogP contribution in [0.3, 0.4) is 0 Å². The van der Waals surface area contributed by atoms with Gasteiger partial charge in [-0.05, 0) is 11.6 Å². The fourth-order valence-electron chi connectivity index (χ4n) is 1.44. The number of aromatic nitrogens is 1. The van der Waals surface area contributed by atoms with E-state index in [1.54, 1.807) is 6.07 Å². The van der Waals surface area contributed by atoms with Crippen molar-refractivity contribution in [2.45, 2.75) is 6.42 Å². The molecule has 14 heavy (non-hydrogen) atoms. The third-order valence-electron chi connectivity index (χ3n) is 2.05. The Labute approximate surface area is 81.2 Å². The summed E-state index contributed by atoms with van der Waals surface area (Å²) in [6.07, 6.45) is 1.73. The summed E-state index contributed by atoms with van der Waals surface area (Å²) >= 11 is 0. The molecule has 3 nitrogen and oxygen atoms in total. The average molecular weight is 184 g/mol. The zero-order chi connectivity index (χ0) is 9.97. The largest absolute Gasteiger partial charge is 0.506 e. The molecule has 3 heteroatoms. The van der Waals surface area contributed by atoms with Gasteiger partial charge in [-0.1, -0.05) is 18.2 Å². The molecule has 0 aliphatic heterocycles. The number of nitrogens with zero attached hydrogens (tertiary/aromatic N) is 2. The van der Waals surface area contributed by atoms with Gasteiger partial charge in [0.15, 0.2) is 0 Å². The first-order chi connectivity index (χ1) is 6.81. The Morgan fingerprint density at radius 1 is 1.43 bits per heavy atom. The van der Waals surface area contributed by atoms with Crippen molar-refractivity contribution in [3.63, 3.8) is 0 Å². The van der Waals surface area contributed by atoms with Crippen LogP contribution in [-0.2, 0) is 6.42 Å². The van der Waals surface area contributed by atoms with Gasteiger partial charge in [-0.15, -0.1) is 0 Å². The number of hydrogen-bond acceptors (Lipinski definition) is 3. The first kappa shape index (κ1) is 8.52. The second-order valence-corrected chi connectivity index (χ2v) is 3.02. The smallest absolute Gasteiger partial charge is 0.134 e. The Kier molecular flexibility index (Phi) is 2.04. The Bertz CT molecular complexity index is 514. The molecule has 0 fully saturated rings. The minimum Gasteiger partial charge on any atom is -0.506 e. The summed E-state index contributed by atoms with van der Waals surface area (Å²) in [7, 11) is 0. The van der Waals surface area contributed by atoms with Crippen molar-refractivity contribution < 1.29 is 5.11 Å². The monoisotopic (exact) mass is 184 g/mol. The van der Waals surface area contributed by atoms with Crippen LogP contribution in [0.15, 0.2) is 30.5 Å². The van der Waals surface area contributed by atoms with E-state index in [9.17, 15) is 5.11 Å². The molecule has 0 spiro atoms. The highest BCUT2D eigenvalue weighted by Gasteiger charge is 2.01. The number of benzene rings is 1. The van der Waals surface area contributed by atoms with E-state index < -0.39 is 0 Å². The molecule has 1 N–H and O–H groups in total. The highest BCUT2D eigenvalue weighted by Crippen LogP contribution is 2.20. The summed E-state index contributed by atoms with van der Waals surface area (Å²) in [5.41, 5.74) is 1.68. The molecule has 2 aromatic rings. The standard InChI is InChI=1S/C11H8N2O/c12-5-4-8-2-1-3-9-6-10(14)7-13-11(8)9/h1-3,6-7,14H,4H2. The van der Waals surface area contributed by atoms with Crippen molar-refractivity contribution in [1.82, 2.24) is 4.98 Å². The van der Waals surface area contributed by atoms with E-state index in [0.29, 0.717) is 6.42 Å². The number of para-hydroxylation sites is 1. The molecule has 1 aromatic heterocycles. The van der Waals surface area contributed by atoms with Crippen molar-refractivity contribution in [3.05, 3.63) is 36.0 Å². The van der Waals surface area contributed by atoms with Gasteiger partial charge in [0.2, 0.25) is 0 Å². The fraction of sp³-hybridized carbons (Fsp3) is 0.0909. The lowest BCUT2D eigenvalue weighted by Crippen LogP contribution is -1.87. The van der Waals surface area contributed by atoms with Crippen molar-refractivity contribution in [3.8, 4) is 11.8 Å². The molecule has 1 heterocycles. The Morgan fingerprint density at radius 3 is 3.07 bits per heavy atom. The van der Waals surface area contributed by atoms with Crippen molar-refractivity contribution >= 4 is 10.9 Å². The fourth-order valence-corrected chi connectivity index (χ4v) is 1.44. The molecule has 0 radical (unpaired) electrons. The molecule has 0 unspecified atom stereocenters. The maximum absolute atomic E-state index is 9.22. The molecule has 0 aliphatic rings. The quantitative estimate of drug-likeness (QED) is 0.737. The second-order valence-electron chi connectivity index (χ2n) is 3.02. The first-order valence-electron chi connectivity index (χ1n) is 4.25. The summed E-state index contributed by atoms with van der Waals surface area (Å²) in [6, 6.07) is 9.32. The summed E-state index contributed by atoms with van der Waals surface area (Å²) in [4.78, 5) is 4.10. The summed E-state index contributed by atoms with van der Waals surface area (Å²) in [5.74, 6) is 0.145. The molecule has 0 bridgehead atoms. The summed E-state index contributed by atoms with van der Waals surface area (Å²) < 4.78 is 0. The van der Waals surface area contributed by atoms with Crippen LogP contribution in [0.25, 0.3) is 10.9 Å². The lowest BCUT2D eigenvalue weighted by molar-refractivity contribution is 0.474. The molecule has 68 valence electrons. The van der Waals surface area contributed by atoms with Gasteiger partial charge < -0.3 is 5.11 Å². The van der Waals surface area contributed by atoms with Gasteiger partial charge in [0, 0.05) is 5.39 Å². The molecule has 0 atom stereocenters. The SMILES string of the molecule is N#CCc1cccc2cc(O)cnc12. The molecule has 0 amide bonds. The third kappa shape index (κ3) is 1.38. The summed E-state index contributed by atoms with van der Waals surface area (Å²) in [5, 5.41) is 18.7. The van der Waals surface area contributed by atoms with Gasteiger partial charge in [0.25, 0.3) is 0 Å². The Balaban J connectivity index is 2.70. The van der Waals surface area contributed by atoms with Gasteiger partial charge in [-0.3, -0.25) is 4.98 Å². The number of fused-ring (bicyclic) bond motifs is 1. The predicted molar refractivity (Wildman–Crippen MR) is 52.7 cm³/mol. The van der Waals surface area contributed by atoms with Crippen molar-refractivity contribution in [2.75, 3.05) is 0 Å². The zero-order valence-corrected chi connectivity index (χ0v) is 7.44. The van der Waals surface area contributed by atoms with Crippen LogP contribution >= 0.6 is 0 Å². The van der Waals surface area contributed by atoms with Gasteiger partial charge in [-0.2, -0.15) is 5.26 Å². The van der Waals surface area contributed by atoms with Crippen LogP contribution in [0, 0.1) is 11.3 Å². The van der Waals surface area contributed by atoms with Crippen LogP contribution in [0.1, 0.15) is 5.56 Å². The molecule has 1 aromatic carbocycles. The number of rotatable bonds is 1. The third-order valence-corrected chi connectivity index (χ3v) is 2.05. The average Bonchev–Trinajstić information content (AvgIpc) is 2.18. The van der Waals surface area contributed by atoms with Crippen LogP contribution in [-0.4, -0.2) is 10.1 Å². The van der Waals surface area contributed by atoms with Gasteiger partial charge in [0.1, 0.15) is 5.75 Å². The molecule has 0 saturated heterocycles. The van der Waals surface area contributed by atoms with E-state index in [4.69, 9.17) is 5.26 Å². The van der Waals surface area contributed by atoms with Crippen molar-refractivity contribution in [2.24, 2.45) is 0 Å². The van der Waals surface area contributed by atoms with E-state index in [2.05, 4.69) is 11.1 Å². The molecule has 0 saturated carbocycles. The normalized spacial score (nSPS) is 9.93. The van der Waals surface area contributed by atoms with Gasteiger partial charge in [-0.25, -0.2) is 0 Å². The predicted octanol–water partition coefficient (Wildman–Crippen LogP) is 2.01. The minimum absolute atomic E-state index is 0.145. The zero-order valence-electron chi connectivity index (χ0n) is 7.44. The van der Waals surface area contributed by atoms with Crippen LogP contribution in [0.5, 0.6) is 5.75 Å². The second kappa shape index (κ2) is 3.35. The number of hydrogen-bond donors (Lipinski definition) is 1. The van der Waals surface area contributed by atoms with Gasteiger partial charge in [0.05, 0.1) is 24.2 Å². The molecule has 2 rings (SSSR count). The van der Waals surface area contributed by atoms with E-state index in [-0.39, 0.29) is 5.75 Å². The van der Waals surface area contributed by atoms with E-state index >= 15 is 0 Å². The minimum atomic E-state index is 0.145. The number of nitriles is 1. The maximum Gasteiger partial charge on any atom is 0.134 e. The Morgan fingerprint density at radius 2 is 2.29 bits per heavy atom. The van der Waals surface area contributed by atoms with E-state index in [1.807, 2.05) is 18.2 Å². The van der Waals surface area contributed by atoms with Crippen LogP contribution in [0.2, 0.25) is 0 Å².